The van der Waals surface area contributed by atoms with E-state index in [9.17, 15) is 18.0 Å². The molecule has 2 atom stereocenters. The fraction of sp³-hybridized carbons (Fsp3) is 0.632. The van der Waals surface area contributed by atoms with E-state index < -0.39 is 22.0 Å². The lowest BCUT2D eigenvalue weighted by molar-refractivity contribution is -0.143. The number of carbonyl (C=O) groups is 2. The molecule has 0 N–H and O–H groups in total. The maximum atomic E-state index is 13.1. The second-order valence-electron chi connectivity index (χ2n) is 7.68. The fourth-order valence-corrected chi connectivity index (χ4v) is 6.01. The summed E-state index contributed by atoms with van der Waals surface area (Å²) in [5.74, 6) is -0.517. The summed E-state index contributed by atoms with van der Waals surface area (Å²) < 4.78 is 32.5. The highest BCUT2D eigenvalue weighted by molar-refractivity contribution is 7.89. The Morgan fingerprint density at radius 3 is 2.69 bits per heavy atom. The van der Waals surface area contributed by atoms with Gasteiger partial charge < -0.3 is 14.3 Å². The molecule has 0 saturated carbocycles. The van der Waals surface area contributed by atoms with Gasteiger partial charge in [-0.2, -0.15) is 4.31 Å². The second kappa shape index (κ2) is 8.27. The Balaban J connectivity index is 1.73. The van der Waals surface area contributed by atoms with E-state index in [1.54, 1.807) is 31.9 Å². The Morgan fingerprint density at radius 2 is 2.07 bits per heavy atom. The topological polar surface area (TPSA) is 104 Å². The van der Waals surface area contributed by atoms with E-state index in [-0.39, 0.29) is 29.0 Å². The quantitative estimate of drug-likeness (QED) is 0.630. The maximum Gasteiger partial charge on any atom is 0.248 e. The zero-order valence-electron chi connectivity index (χ0n) is 17.1. The van der Waals surface area contributed by atoms with Crippen LogP contribution >= 0.6 is 0 Å². The molecule has 3 rings (SSSR count). The number of likely N-dealkylation sites (tertiary alicyclic amines) is 1. The standard InChI is InChI=1S/C19H28N4O5S/c1-5-9-22-11-8-16(19(22)25)21(4)18(24)15-7-6-10-23(12-15)29(26,27)17-13(2)20-28-14(17)3/h5,15-16H,1,6-12H2,2-4H3. The smallest absolute Gasteiger partial charge is 0.248 e. The minimum absolute atomic E-state index is 0.0741. The first-order valence-corrected chi connectivity index (χ1v) is 11.2. The lowest BCUT2D eigenvalue weighted by Gasteiger charge is -2.34. The summed E-state index contributed by atoms with van der Waals surface area (Å²) in [6.07, 6.45) is 3.41. The van der Waals surface area contributed by atoms with Gasteiger partial charge in [0.15, 0.2) is 5.76 Å². The molecule has 10 heteroatoms. The van der Waals surface area contributed by atoms with Gasteiger partial charge in [-0.15, -0.1) is 6.58 Å². The van der Waals surface area contributed by atoms with Crippen molar-refractivity contribution in [1.29, 1.82) is 0 Å². The molecule has 0 radical (unpaired) electrons. The summed E-state index contributed by atoms with van der Waals surface area (Å²) in [6, 6.07) is -0.503. The van der Waals surface area contributed by atoms with Crippen LogP contribution in [0.1, 0.15) is 30.7 Å². The Kier molecular flexibility index (Phi) is 6.13. The summed E-state index contributed by atoms with van der Waals surface area (Å²) in [5, 5.41) is 3.74. The van der Waals surface area contributed by atoms with E-state index in [1.807, 2.05) is 0 Å². The van der Waals surface area contributed by atoms with Crippen molar-refractivity contribution in [3.63, 3.8) is 0 Å². The molecule has 2 fully saturated rings. The largest absolute Gasteiger partial charge is 0.360 e. The van der Waals surface area contributed by atoms with Gasteiger partial charge in [-0.25, -0.2) is 8.42 Å². The third-order valence-electron chi connectivity index (χ3n) is 5.73. The van der Waals surface area contributed by atoms with Crippen LogP contribution in [0.3, 0.4) is 0 Å². The molecule has 2 saturated heterocycles. The van der Waals surface area contributed by atoms with E-state index in [0.717, 1.165) is 0 Å². The van der Waals surface area contributed by atoms with E-state index in [4.69, 9.17) is 4.52 Å². The van der Waals surface area contributed by atoms with E-state index >= 15 is 0 Å². The van der Waals surface area contributed by atoms with Crippen LogP contribution in [-0.2, 0) is 19.6 Å². The minimum Gasteiger partial charge on any atom is -0.360 e. The van der Waals surface area contributed by atoms with Crippen LogP contribution in [0.25, 0.3) is 0 Å². The number of amides is 2. The van der Waals surface area contributed by atoms with Crippen molar-refractivity contribution in [2.24, 2.45) is 5.92 Å². The van der Waals surface area contributed by atoms with Gasteiger partial charge in [0.1, 0.15) is 16.6 Å². The summed E-state index contributed by atoms with van der Waals surface area (Å²) in [4.78, 5) is 28.8. The van der Waals surface area contributed by atoms with Gasteiger partial charge in [0.2, 0.25) is 21.8 Å². The number of hydrogen-bond acceptors (Lipinski definition) is 6. The molecular formula is C19H28N4O5S. The monoisotopic (exact) mass is 424 g/mol. The van der Waals surface area contributed by atoms with Crippen molar-refractivity contribution in [3.05, 3.63) is 24.1 Å². The Bertz CT molecular complexity index is 890. The number of likely N-dealkylation sites (N-methyl/N-ethyl adjacent to an activating group) is 1. The molecule has 0 spiro atoms. The predicted molar refractivity (Wildman–Crippen MR) is 105 cm³/mol. The fourth-order valence-electron chi connectivity index (χ4n) is 4.19. The molecule has 9 nitrogen and oxygen atoms in total. The lowest BCUT2D eigenvalue weighted by atomic mass is 9.97. The van der Waals surface area contributed by atoms with E-state index in [0.29, 0.717) is 44.6 Å². The van der Waals surface area contributed by atoms with Crippen LogP contribution in [0.5, 0.6) is 0 Å². The molecule has 2 aliphatic heterocycles. The van der Waals surface area contributed by atoms with Crippen molar-refractivity contribution >= 4 is 21.8 Å². The van der Waals surface area contributed by atoms with E-state index in [1.165, 1.54) is 9.21 Å². The highest BCUT2D eigenvalue weighted by Gasteiger charge is 2.41. The SMILES string of the molecule is C=CCN1CCC(N(C)C(=O)C2CCCN(S(=O)(=O)c3c(C)noc3C)C2)C1=O. The molecule has 1 aromatic rings. The highest BCUT2D eigenvalue weighted by atomic mass is 32.2. The number of aromatic nitrogens is 1. The summed E-state index contributed by atoms with van der Waals surface area (Å²) >= 11 is 0. The van der Waals surface area contributed by atoms with Gasteiger partial charge in [0.25, 0.3) is 0 Å². The van der Waals surface area contributed by atoms with Gasteiger partial charge in [0, 0.05) is 33.2 Å². The van der Waals surface area contributed by atoms with Crippen LogP contribution < -0.4 is 0 Å². The molecule has 3 heterocycles. The first-order chi connectivity index (χ1) is 13.7. The van der Waals surface area contributed by atoms with Gasteiger partial charge in [0.05, 0.1) is 5.92 Å². The Hall–Kier alpha value is -2.20. The van der Waals surface area contributed by atoms with Gasteiger partial charge in [-0.3, -0.25) is 9.59 Å². The molecular weight excluding hydrogens is 396 g/mol. The Labute approximate surface area is 171 Å². The second-order valence-corrected chi connectivity index (χ2v) is 9.56. The average molecular weight is 425 g/mol. The lowest BCUT2D eigenvalue weighted by Crippen LogP contribution is -2.50. The maximum absolute atomic E-state index is 13.1. The van der Waals surface area contributed by atoms with Crippen LogP contribution in [0.4, 0.5) is 0 Å². The number of carbonyl (C=O) groups excluding carboxylic acids is 2. The molecule has 0 aromatic carbocycles. The first-order valence-electron chi connectivity index (χ1n) is 9.77. The molecule has 1 aromatic heterocycles. The van der Waals surface area contributed by atoms with Crippen molar-refractivity contribution in [3.8, 4) is 0 Å². The summed E-state index contributed by atoms with van der Waals surface area (Å²) in [5.41, 5.74) is 0.312. The molecule has 0 bridgehead atoms. The molecule has 2 aliphatic rings. The summed E-state index contributed by atoms with van der Waals surface area (Å²) in [6.45, 7) is 8.29. The van der Waals surface area contributed by atoms with E-state index in [2.05, 4.69) is 11.7 Å². The zero-order valence-corrected chi connectivity index (χ0v) is 17.9. The van der Waals surface area contributed by atoms with Crippen molar-refractivity contribution in [1.82, 2.24) is 19.3 Å². The van der Waals surface area contributed by atoms with Crippen molar-refractivity contribution < 1.29 is 22.5 Å². The molecule has 160 valence electrons. The number of piperidine rings is 1. The number of nitrogens with zero attached hydrogens (tertiary/aromatic N) is 4. The minimum atomic E-state index is -3.80. The van der Waals surface area contributed by atoms with Crippen LogP contribution in [0.2, 0.25) is 0 Å². The molecule has 2 amide bonds. The van der Waals surface area contributed by atoms with Crippen LogP contribution in [0, 0.1) is 19.8 Å². The zero-order chi connectivity index (χ0) is 21.3. The summed E-state index contributed by atoms with van der Waals surface area (Å²) in [7, 11) is -2.17. The van der Waals surface area contributed by atoms with Gasteiger partial charge in [-0.05, 0) is 33.1 Å². The number of sulfonamides is 1. The highest BCUT2D eigenvalue weighted by Crippen LogP contribution is 2.29. The molecule has 2 unspecified atom stereocenters. The Morgan fingerprint density at radius 1 is 1.34 bits per heavy atom. The predicted octanol–water partition coefficient (Wildman–Crippen LogP) is 0.937. The third-order valence-corrected chi connectivity index (χ3v) is 7.84. The normalized spacial score (nSPS) is 23.4. The van der Waals surface area contributed by atoms with Gasteiger partial charge >= 0.3 is 0 Å². The number of aryl methyl sites for hydroxylation is 2. The number of rotatable bonds is 6. The molecule has 29 heavy (non-hydrogen) atoms. The third kappa shape index (κ3) is 3.95. The molecule has 0 aliphatic carbocycles. The van der Waals surface area contributed by atoms with Crippen molar-refractivity contribution in [2.75, 3.05) is 33.2 Å². The average Bonchev–Trinajstić information content (AvgIpc) is 3.23. The van der Waals surface area contributed by atoms with Crippen molar-refractivity contribution in [2.45, 2.75) is 44.0 Å². The van der Waals surface area contributed by atoms with Crippen LogP contribution in [-0.4, -0.2) is 78.8 Å². The first kappa shape index (κ1) is 21.5. The van der Waals surface area contributed by atoms with Crippen LogP contribution in [0.15, 0.2) is 22.1 Å². The number of hydrogen-bond donors (Lipinski definition) is 0. The van der Waals surface area contributed by atoms with Gasteiger partial charge in [-0.1, -0.05) is 11.2 Å².